The molecule has 0 saturated heterocycles. The third kappa shape index (κ3) is 32.5. The molecule has 0 aliphatic heterocycles. The summed E-state index contributed by atoms with van der Waals surface area (Å²) in [6.45, 7) is 14.2. The summed E-state index contributed by atoms with van der Waals surface area (Å²) in [5, 5.41) is 0. The van der Waals surface area contributed by atoms with Gasteiger partial charge < -0.3 is 0 Å². The number of unbranched alkanes of at least 4 members (excludes halogenated alkanes) is 30. The van der Waals surface area contributed by atoms with Crippen LogP contribution in [0.1, 0.15) is 273 Å². The van der Waals surface area contributed by atoms with E-state index < -0.39 is 14.1 Å². The van der Waals surface area contributed by atoms with E-state index in [1.807, 2.05) is 0 Å². The molecule has 0 saturated carbocycles. The lowest BCUT2D eigenvalue weighted by Gasteiger charge is -2.20. The Hall–Kier alpha value is 0.570. The van der Waals surface area contributed by atoms with Crippen molar-refractivity contribution in [2.75, 3.05) is 37.0 Å². The van der Waals surface area contributed by atoms with Gasteiger partial charge in [0.05, 0.1) is 0 Å². The van der Waals surface area contributed by atoms with Gasteiger partial charge in [0.2, 0.25) is 14.1 Å². The van der Waals surface area contributed by atoms with E-state index in [4.69, 9.17) is 4.17 Å². The Balaban J connectivity index is 6.82. The van der Waals surface area contributed by atoms with Gasteiger partial charge in [-0.1, -0.05) is 234 Å². The lowest BCUT2D eigenvalue weighted by atomic mass is 10.1. The summed E-state index contributed by atoms with van der Waals surface area (Å²) in [5.41, 5.74) is 0. The van der Waals surface area contributed by atoms with E-state index in [0.717, 1.165) is 0 Å². The fraction of sp³-hybridized carbons (Fsp3) is 1.00. The van der Waals surface area contributed by atoms with Crippen LogP contribution in [0.5, 0.6) is 0 Å². The van der Waals surface area contributed by atoms with Crippen molar-refractivity contribution in [3.63, 3.8) is 0 Å². The Kier molecular flexibility index (Phi) is 40.7. The van der Waals surface area contributed by atoms with Crippen molar-refractivity contribution in [2.45, 2.75) is 273 Å². The highest BCUT2D eigenvalue weighted by molar-refractivity contribution is 7.73. The molecule has 0 aliphatic rings. The highest BCUT2D eigenvalue weighted by Crippen LogP contribution is 2.56. The molecule has 0 bridgehead atoms. The van der Waals surface area contributed by atoms with E-state index in [2.05, 4.69) is 41.5 Å². The monoisotopic (exact) mass is 755 g/mol. The smallest absolute Gasteiger partial charge is 0.176 e. The van der Waals surface area contributed by atoms with Crippen LogP contribution in [0.2, 0.25) is 0 Å². The molecule has 0 amide bonds. The molecule has 0 spiro atoms. The Morgan fingerprint density at radius 1 is 0.196 bits per heavy atom. The average Bonchev–Trinajstić information content (AvgIpc) is 3.13. The predicted molar refractivity (Wildman–Crippen MR) is 245 cm³/mol. The van der Waals surface area contributed by atoms with Gasteiger partial charge in [0.15, 0.2) is 0 Å². The minimum atomic E-state index is -1.31. The van der Waals surface area contributed by atoms with Crippen molar-refractivity contribution in [1.29, 1.82) is 0 Å². The van der Waals surface area contributed by atoms with Gasteiger partial charge in [-0.05, 0) is 38.5 Å². The van der Waals surface area contributed by atoms with Crippen molar-refractivity contribution in [2.24, 2.45) is 0 Å². The summed E-state index contributed by atoms with van der Waals surface area (Å²) >= 11 is 0. The third-order valence-corrected chi connectivity index (χ3v) is 21.9. The molecule has 0 aromatic rings. The molecule has 51 heavy (non-hydrogen) atoms. The number of rotatable bonds is 42. The van der Waals surface area contributed by atoms with Gasteiger partial charge in [-0.15, -0.1) is 0 Å². The zero-order valence-corrected chi connectivity index (χ0v) is 38.8. The number of hydrogen-bond acceptors (Lipinski definition) is 0. The Morgan fingerprint density at radius 3 is 0.490 bits per heavy atom. The first-order valence-corrected chi connectivity index (χ1v) is 29.1. The molecule has 0 N–H and O–H groups in total. The normalized spacial score (nSPS) is 12.2. The zero-order chi connectivity index (χ0) is 37.4. The highest BCUT2D eigenvalue weighted by atomic mass is 31.2. The van der Waals surface area contributed by atoms with Gasteiger partial charge in [0.1, 0.15) is 0 Å². The summed E-state index contributed by atoms with van der Waals surface area (Å²) in [6, 6.07) is 0. The minimum Gasteiger partial charge on any atom is -0.176 e. The summed E-state index contributed by atoms with van der Waals surface area (Å²) in [7, 11) is -2.62. The third-order valence-electron chi connectivity index (χ3n) is 11.9. The summed E-state index contributed by atoms with van der Waals surface area (Å²) in [6.07, 6.45) is 61.2. The molecule has 0 atom stereocenters. The number of nitrogens with zero attached hydrogens (tertiary/aromatic N) is 1. The molecule has 3 heteroatoms. The maximum Gasteiger partial charge on any atom is 0.216 e. The SMILES string of the molecule is CCCCCCCCP(CCCCCCCC)(CCCCCCCC)=[N+]=P(CCCCCCCC)(CCCCCCCC)CCCCCCCC. The maximum absolute atomic E-state index is 6.77. The van der Waals surface area contributed by atoms with Crippen LogP contribution in [0, 0.1) is 0 Å². The summed E-state index contributed by atoms with van der Waals surface area (Å²) < 4.78 is 6.77. The van der Waals surface area contributed by atoms with Gasteiger partial charge in [-0.3, -0.25) is 0 Å². The first kappa shape index (κ1) is 51.6. The topological polar surface area (TPSA) is 14.1 Å². The Labute approximate surface area is 326 Å². The van der Waals surface area contributed by atoms with Crippen LogP contribution in [0.25, 0.3) is 0 Å². The Morgan fingerprint density at radius 2 is 0.333 bits per heavy atom. The quantitative estimate of drug-likeness (QED) is 0.0335. The van der Waals surface area contributed by atoms with Crippen LogP contribution < -0.4 is 4.17 Å². The summed E-state index contributed by atoms with van der Waals surface area (Å²) in [5.74, 6) is 0. The molecular weight excluding hydrogens is 652 g/mol. The van der Waals surface area contributed by atoms with Crippen molar-refractivity contribution >= 4 is 14.1 Å². The molecule has 0 unspecified atom stereocenters. The van der Waals surface area contributed by atoms with Gasteiger partial charge >= 0.3 is 0 Å². The van der Waals surface area contributed by atoms with Crippen molar-refractivity contribution in [3.05, 3.63) is 0 Å². The lowest BCUT2D eigenvalue weighted by Crippen LogP contribution is -2.10. The first-order valence-electron chi connectivity index (χ1n) is 24.5. The van der Waals surface area contributed by atoms with Gasteiger partial charge in [0.25, 0.3) is 0 Å². The average molecular weight is 755 g/mol. The van der Waals surface area contributed by atoms with Crippen molar-refractivity contribution in [1.82, 2.24) is 4.17 Å². The Bertz CT molecular complexity index is 640. The van der Waals surface area contributed by atoms with Crippen LogP contribution in [-0.2, 0) is 0 Å². The fourth-order valence-corrected chi connectivity index (χ4v) is 20.0. The van der Waals surface area contributed by atoms with E-state index in [0.29, 0.717) is 0 Å². The molecular formula is C48H102NP2+. The zero-order valence-electron chi connectivity index (χ0n) is 37.0. The standard InChI is InChI=1S/C48H102NP2/c1-7-13-19-25-31-37-43-50(44-38-32-26-20-14-8-2,45-39-33-27-21-15-9-3)49-51(46-40-34-28-22-16-10-4,47-41-35-29-23-17-11-5)48-42-36-30-24-18-12-6/h7-48H2,1-6H3/q+1. The molecule has 0 aromatic carbocycles. The van der Waals surface area contributed by atoms with Crippen LogP contribution in [0.15, 0.2) is 0 Å². The molecule has 0 rings (SSSR count). The number of hydrogen-bond donors (Lipinski definition) is 0. The second kappa shape index (κ2) is 40.2. The predicted octanol–water partition coefficient (Wildman–Crippen LogP) is 18.6. The van der Waals surface area contributed by atoms with E-state index >= 15 is 0 Å². The van der Waals surface area contributed by atoms with Crippen LogP contribution in [0.4, 0.5) is 0 Å². The minimum absolute atomic E-state index is 1.31. The molecule has 308 valence electrons. The molecule has 0 aromatic heterocycles. The molecule has 0 radical (unpaired) electrons. The second-order valence-electron chi connectivity index (χ2n) is 17.2. The van der Waals surface area contributed by atoms with Crippen molar-refractivity contribution in [3.8, 4) is 0 Å². The van der Waals surface area contributed by atoms with E-state index in [1.54, 1.807) is 0 Å². The van der Waals surface area contributed by atoms with E-state index in [-0.39, 0.29) is 0 Å². The largest absolute Gasteiger partial charge is 0.216 e. The van der Waals surface area contributed by atoms with Gasteiger partial charge in [-0.2, -0.15) is 4.17 Å². The first-order chi connectivity index (χ1) is 25.1. The van der Waals surface area contributed by atoms with Crippen molar-refractivity contribution < 1.29 is 0 Å². The van der Waals surface area contributed by atoms with Gasteiger partial charge in [-0.25, -0.2) is 0 Å². The van der Waals surface area contributed by atoms with E-state index in [1.165, 1.54) is 268 Å². The maximum atomic E-state index is 6.77. The van der Waals surface area contributed by atoms with Crippen LogP contribution in [0.3, 0.4) is 0 Å². The van der Waals surface area contributed by atoms with Gasteiger partial charge in [0, 0.05) is 37.0 Å². The molecule has 1 nitrogen and oxygen atoms in total. The van der Waals surface area contributed by atoms with E-state index in [9.17, 15) is 0 Å². The lowest BCUT2D eigenvalue weighted by molar-refractivity contribution is 0.615. The molecule has 0 fully saturated rings. The molecule has 0 aliphatic carbocycles. The molecule has 0 heterocycles. The second-order valence-corrected chi connectivity index (χ2v) is 25.0. The summed E-state index contributed by atoms with van der Waals surface area (Å²) in [4.78, 5) is 0. The highest BCUT2D eigenvalue weighted by Gasteiger charge is 2.35. The fourth-order valence-electron chi connectivity index (χ4n) is 8.46. The van der Waals surface area contributed by atoms with Crippen LogP contribution in [-0.4, -0.2) is 37.0 Å². The van der Waals surface area contributed by atoms with Crippen LogP contribution >= 0.6 is 14.1 Å².